The Bertz CT molecular complexity index is 925. The lowest BCUT2D eigenvalue weighted by Gasteiger charge is -2.46. The molecule has 3 amide bonds. The summed E-state index contributed by atoms with van der Waals surface area (Å²) in [4.78, 5) is 40.1. The maximum atomic E-state index is 13.2. The predicted octanol–water partition coefficient (Wildman–Crippen LogP) is 2.02. The lowest BCUT2D eigenvalue weighted by molar-refractivity contribution is -0.132. The van der Waals surface area contributed by atoms with Gasteiger partial charge in [0.15, 0.2) is 0 Å². The third-order valence-corrected chi connectivity index (χ3v) is 7.76. The summed E-state index contributed by atoms with van der Waals surface area (Å²) in [5.41, 5.74) is 0.983. The quantitative estimate of drug-likeness (QED) is 0.302. The molecule has 1 aliphatic carbocycles. The van der Waals surface area contributed by atoms with E-state index in [0.717, 1.165) is 31.4 Å². The van der Waals surface area contributed by atoms with Crippen molar-refractivity contribution < 1.29 is 24.2 Å². The van der Waals surface area contributed by atoms with Crippen molar-refractivity contribution >= 4 is 17.7 Å². The molecule has 1 heterocycles. The molecule has 9 heteroatoms. The summed E-state index contributed by atoms with van der Waals surface area (Å²) in [6.45, 7) is 8.34. The van der Waals surface area contributed by atoms with Gasteiger partial charge >= 0.3 is 0 Å². The van der Waals surface area contributed by atoms with Gasteiger partial charge < -0.3 is 25.8 Å². The van der Waals surface area contributed by atoms with Crippen molar-refractivity contribution in [3.63, 3.8) is 0 Å². The summed E-state index contributed by atoms with van der Waals surface area (Å²) >= 11 is 0. The number of aliphatic hydroxyl groups excluding tert-OH is 1. The minimum absolute atomic E-state index is 0.0104. The Morgan fingerprint density at radius 1 is 1.00 bits per heavy atom. The Kier molecular flexibility index (Phi) is 12.2. The lowest BCUT2D eigenvalue weighted by atomic mass is 9.72. The zero-order valence-corrected chi connectivity index (χ0v) is 24.0. The number of hydrogen-bond donors (Lipinski definition) is 4. The highest BCUT2D eigenvalue weighted by atomic mass is 16.5. The number of ether oxygens (including phenoxy) is 1. The number of piperidine rings is 1. The number of carbonyl (C=O) groups is 3. The Morgan fingerprint density at radius 2 is 1.69 bits per heavy atom. The number of aliphatic hydroxyl groups is 1. The first-order chi connectivity index (χ1) is 18.6. The number of rotatable bonds is 13. The SMILES string of the molecule is CC(C)NC(=O)C1CC2CCCCC2CN1CC(O)C(Cc1ccccc1)NC(=O)CNC(=O)COC(C)C. The van der Waals surface area contributed by atoms with Gasteiger partial charge in [0.2, 0.25) is 17.7 Å². The highest BCUT2D eigenvalue weighted by Gasteiger charge is 2.41. The molecule has 5 atom stereocenters. The van der Waals surface area contributed by atoms with E-state index in [0.29, 0.717) is 18.3 Å². The van der Waals surface area contributed by atoms with Crippen molar-refractivity contribution in [2.75, 3.05) is 26.2 Å². The second kappa shape index (κ2) is 15.3. The average Bonchev–Trinajstić information content (AvgIpc) is 2.90. The van der Waals surface area contributed by atoms with E-state index < -0.39 is 12.1 Å². The second-order valence-electron chi connectivity index (χ2n) is 11.7. The topological polar surface area (TPSA) is 120 Å². The van der Waals surface area contributed by atoms with Crippen LogP contribution >= 0.6 is 0 Å². The molecule has 1 saturated heterocycles. The Hall–Kier alpha value is -2.49. The molecular formula is C30H48N4O5. The standard InChI is InChI=1S/C30H48N4O5/c1-20(2)32-30(38)26-15-23-12-8-9-13-24(23)17-34(26)18-27(35)25(14-22-10-6-5-7-11-22)33-28(36)16-31-29(37)19-39-21(3)4/h5-7,10-11,20-21,23-27,35H,8-9,12-19H2,1-4H3,(H,31,37)(H,32,38)(H,33,36). The molecule has 1 aromatic carbocycles. The average molecular weight is 545 g/mol. The number of carbonyl (C=O) groups excluding carboxylic acids is 3. The normalized spacial score (nSPS) is 23.1. The van der Waals surface area contributed by atoms with Crippen molar-refractivity contribution in [3.8, 4) is 0 Å². The fourth-order valence-electron chi connectivity index (χ4n) is 5.80. The van der Waals surface area contributed by atoms with Crippen LogP contribution in [0.5, 0.6) is 0 Å². The molecule has 2 fully saturated rings. The number of nitrogens with zero attached hydrogens (tertiary/aromatic N) is 1. The van der Waals surface area contributed by atoms with Crippen molar-refractivity contribution in [1.82, 2.24) is 20.9 Å². The number of β-amino-alcohol motifs (C(OH)–C–C–N with tert-alkyl or cyclic N) is 1. The maximum Gasteiger partial charge on any atom is 0.246 e. The number of amides is 3. The molecule has 1 saturated carbocycles. The second-order valence-corrected chi connectivity index (χ2v) is 11.7. The Morgan fingerprint density at radius 3 is 2.36 bits per heavy atom. The fourth-order valence-corrected chi connectivity index (χ4v) is 5.80. The Balaban J connectivity index is 1.69. The van der Waals surface area contributed by atoms with Gasteiger partial charge in [-0.2, -0.15) is 0 Å². The van der Waals surface area contributed by atoms with Gasteiger partial charge in [0, 0.05) is 19.1 Å². The first-order valence-corrected chi connectivity index (χ1v) is 14.6. The van der Waals surface area contributed by atoms with Crippen LogP contribution in [0.3, 0.4) is 0 Å². The molecule has 1 aromatic rings. The molecule has 0 spiro atoms. The van der Waals surface area contributed by atoms with Crippen LogP contribution in [-0.2, 0) is 25.5 Å². The molecule has 0 bridgehead atoms. The van der Waals surface area contributed by atoms with Crippen LogP contribution in [0.15, 0.2) is 30.3 Å². The molecule has 218 valence electrons. The summed E-state index contributed by atoms with van der Waals surface area (Å²) in [5, 5.41) is 20.1. The van der Waals surface area contributed by atoms with Crippen LogP contribution in [0, 0.1) is 11.8 Å². The molecule has 9 nitrogen and oxygen atoms in total. The first kappa shape index (κ1) is 31.0. The van der Waals surface area contributed by atoms with Gasteiger partial charge in [-0.1, -0.05) is 49.6 Å². The molecule has 39 heavy (non-hydrogen) atoms. The summed E-state index contributed by atoms with van der Waals surface area (Å²) in [6, 6.07) is 8.86. The van der Waals surface area contributed by atoms with Gasteiger partial charge in [-0.3, -0.25) is 19.3 Å². The summed E-state index contributed by atoms with van der Waals surface area (Å²) in [6.07, 6.45) is 4.99. The van der Waals surface area contributed by atoms with E-state index in [4.69, 9.17) is 4.74 Å². The third-order valence-electron chi connectivity index (χ3n) is 7.76. The van der Waals surface area contributed by atoms with Crippen molar-refractivity contribution in [2.45, 2.75) is 96.6 Å². The monoisotopic (exact) mass is 544 g/mol. The van der Waals surface area contributed by atoms with Crippen molar-refractivity contribution in [2.24, 2.45) is 11.8 Å². The number of nitrogens with one attached hydrogen (secondary N) is 3. The number of hydrogen-bond acceptors (Lipinski definition) is 6. The van der Waals surface area contributed by atoms with Gasteiger partial charge in [-0.05, 0) is 64.4 Å². The van der Waals surface area contributed by atoms with Crippen LogP contribution in [0.4, 0.5) is 0 Å². The number of benzene rings is 1. The third kappa shape index (κ3) is 10.2. The fraction of sp³-hybridized carbons (Fsp3) is 0.700. The highest BCUT2D eigenvalue weighted by molar-refractivity contribution is 5.85. The molecule has 3 rings (SSSR count). The van der Waals surface area contributed by atoms with Gasteiger partial charge in [-0.25, -0.2) is 0 Å². The van der Waals surface area contributed by atoms with Crippen LogP contribution < -0.4 is 16.0 Å². The van der Waals surface area contributed by atoms with Crippen LogP contribution in [0.25, 0.3) is 0 Å². The van der Waals surface area contributed by atoms with Gasteiger partial charge in [0.1, 0.15) is 6.61 Å². The largest absolute Gasteiger partial charge is 0.390 e. The molecule has 0 aromatic heterocycles. The van der Waals surface area contributed by atoms with E-state index in [1.165, 1.54) is 12.8 Å². The molecular weight excluding hydrogens is 496 g/mol. The van der Waals surface area contributed by atoms with E-state index in [9.17, 15) is 19.5 Å². The summed E-state index contributed by atoms with van der Waals surface area (Å²) in [5.74, 6) is 0.329. The smallest absolute Gasteiger partial charge is 0.246 e. The number of likely N-dealkylation sites (tertiary alicyclic amines) is 1. The minimum Gasteiger partial charge on any atom is -0.390 e. The van der Waals surface area contributed by atoms with Crippen molar-refractivity contribution in [3.05, 3.63) is 35.9 Å². The van der Waals surface area contributed by atoms with Crippen LogP contribution in [-0.4, -0.2) is 84.3 Å². The van der Waals surface area contributed by atoms with Crippen molar-refractivity contribution in [1.29, 1.82) is 0 Å². The van der Waals surface area contributed by atoms with Gasteiger partial charge in [-0.15, -0.1) is 0 Å². The summed E-state index contributed by atoms with van der Waals surface area (Å²) in [7, 11) is 0. The summed E-state index contributed by atoms with van der Waals surface area (Å²) < 4.78 is 5.29. The molecule has 4 N–H and O–H groups in total. The maximum absolute atomic E-state index is 13.2. The molecule has 0 radical (unpaired) electrons. The predicted molar refractivity (Wildman–Crippen MR) is 151 cm³/mol. The molecule has 2 aliphatic rings. The zero-order chi connectivity index (χ0) is 28.4. The van der Waals surface area contributed by atoms with E-state index in [1.807, 2.05) is 58.0 Å². The molecule has 1 aliphatic heterocycles. The lowest BCUT2D eigenvalue weighted by Crippen LogP contribution is -2.59. The van der Waals surface area contributed by atoms with Gasteiger partial charge in [0.05, 0.1) is 30.8 Å². The molecule has 5 unspecified atom stereocenters. The first-order valence-electron chi connectivity index (χ1n) is 14.6. The van der Waals surface area contributed by atoms with Gasteiger partial charge in [0.25, 0.3) is 0 Å². The highest BCUT2D eigenvalue weighted by Crippen LogP contribution is 2.38. The minimum atomic E-state index is -0.899. The van der Waals surface area contributed by atoms with E-state index >= 15 is 0 Å². The zero-order valence-electron chi connectivity index (χ0n) is 24.0. The van der Waals surface area contributed by atoms with E-state index in [2.05, 4.69) is 20.9 Å². The van der Waals surface area contributed by atoms with Crippen LogP contribution in [0.1, 0.15) is 65.4 Å². The van der Waals surface area contributed by atoms with E-state index in [1.54, 1.807) is 0 Å². The van der Waals surface area contributed by atoms with Crippen LogP contribution in [0.2, 0.25) is 0 Å². The van der Waals surface area contributed by atoms with E-state index in [-0.39, 0.29) is 55.6 Å². The Labute approximate surface area is 233 Å². The number of fused-ring (bicyclic) bond motifs is 1.